The molecular weight excluding hydrogens is 488 g/mol. The number of aliphatic hydroxyl groups excluding tert-OH is 1. The number of benzene rings is 2. The van der Waals surface area contributed by atoms with Crippen molar-refractivity contribution in [3.63, 3.8) is 0 Å². The second-order valence-corrected chi connectivity index (χ2v) is 10.4. The molecule has 0 radical (unpaired) electrons. The van der Waals surface area contributed by atoms with E-state index in [2.05, 4.69) is 5.32 Å². The Labute approximate surface area is 212 Å². The number of alkyl carbamates (subject to hydrolysis) is 1. The van der Waals surface area contributed by atoms with Crippen LogP contribution in [0.5, 0.6) is 0 Å². The van der Waals surface area contributed by atoms with E-state index in [0.29, 0.717) is 0 Å². The van der Waals surface area contributed by atoms with Gasteiger partial charge < -0.3 is 24.6 Å². The average Bonchev–Trinajstić information content (AvgIpc) is 3.51. The number of esters is 2. The molecule has 0 spiro atoms. The fourth-order valence-corrected chi connectivity index (χ4v) is 4.99. The number of carbonyl (C=O) groups is 3. The molecule has 10 heteroatoms. The van der Waals surface area contributed by atoms with Crippen molar-refractivity contribution in [1.29, 1.82) is 0 Å². The normalized spacial score (nSPS) is 26.1. The molecule has 37 heavy (non-hydrogen) atoms. The van der Waals surface area contributed by atoms with Crippen LogP contribution in [0.2, 0.25) is 0 Å². The van der Waals surface area contributed by atoms with E-state index in [0.717, 1.165) is 0 Å². The SMILES string of the molecule is CC(C)(C)OC(=O)N[C@@]1(C(=O)OCc2ccccc2F)C[C@H](O)[C@H]2[C@H](C(=O)OCc3ccccc3F)[C@H]21. The Balaban J connectivity index is 1.54. The van der Waals surface area contributed by atoms with Crippen molar-refractivity contribution in [3.8, 4) is 0 Å². The fraction of sp³-hybridized carbons (Fsp3) is 0.444. The van der Waals surface area contributed by atoms with Crippen molar-refractivity contribution in [2.24, 2.45) is 17.8 Å². The molecule has 0 bridgehead atoms. The molecule has 198 valence electrons. The summed E-state index contributed by atoms with van der Waals surface area (Å²) < 4.78 is 44.0. The number of ether oxygens (including phenoxy) is 3. The number of nitrogens with one attached hydrogen (secondary N) is 1. The number of aliphatic hydroxyl groups is 1. The van der Waals surface area contributed by atoms with Gasteiger partial charge in [0.05, 0.1) is 12.0 Å². The highest BCUT2D eigenvalue weighted by Crippen LogP contribution is 2.63. The molecule has 2 aromatic carbocycles. The summed E-state index contributed by atoms with van der Waals surface area (Å²) in [7, 11) is 0. The zero-order valence-corrected chi connectivity index (χ0v) is 20.7. The molecule has 2 saturated carbocycles. The van der Waals surface area contributed by atoms with Gasteiger partial charge in [-0.3, -0.25) is 4.79 Å². The van der Waals surface area contributed by atoms with Crippen LogP contribution in [-0.2, 0) is 37.0 Å². The van der Waals surface area contributed by atoms with Gasteiger partial charge >= 0.3 is 18.0 Å². The third kappa shape index (κ3) is 5.58. The van der Waals surface area contributed by atoms with Crippen LogP contribution >= 0.6 is 0 Å². The second kappa shape index (κ2) is 10.1. The summed E-state index contributed by atoms with van der Waals surface area (Å²) in [6.07, 6.45) is -2.30. The van der Waals surface area contributed by atoms with Crippen molar-refractivity contribution < 1.29 is 42.5 Å². The van der Waals surface area contributed by atoms with Crippen molar-refractivity contribution in [2.45, 2.75) is 57.6 Å². The summed E-state index contributed by atoms with van der Waals surface area (Å²) in [5.41, 5.74) is -2.40. The minimum Gasteiger partial charge on any atom is -0.460 e. The smallest absolute Gasteiger partial charge is 0.408 e. The van der Waals surface area contributed by atoms with Crippen molar-refractivity contribution in [1.82, 2.24) is 5.32 Å². The number of rotatable bonds is 7. The third-order valence-electron chi connectivity index (χ3n) is 6.62. The van der Waals surface area contributed by atoms with E-state index in [-0.39, 0.29) is 24.2 Å². The lowest BCUT2D eigenvalue weighted by Gasteiger charge is -2.32. The van der Waals surface area contributed by atoms with Gasteiger partial charge in [0.25, 0.3) is 0 Å². The molecule has 8 nitrogen and oxygen atoms in total. The van der Waals surface area contributed by atoms with E-state index in [1.807, 2.05) is 0 Å². The maximum absolute atomic E-state index is 14.1. The topological polar surface area (TPSA) is 111 Å². The quantitative estimate of drug-likeness (QED) is 0.426. The van der Waals surface area contributed by atoms with E-state index in [4.69, 9.17) is 14.2 Å². The molecule has 2 aromatic rings. The Morgan fingerprint density at radius 2 is 1.51 bits per heavy atom. The van der Waals surface area contributed by atoms with Crippen LogP contribution in [0.4, 0.5) is 13.6 Å². The highest BCUT2D eigenvalue weighted by Gasteiger charge is 2.76. The van der Waals surface area contributed by atoms with Gasteiger partial charge in [-0.1, -0.05) is 36.4 Å². The lowest BCUT2D eigenvalue weighted by molar-refractivity contribution is -0.156. The third-order valence-corrected chi connectivity index (χ3v) is 6.62. The molecule has 2 N–H and O–H groups in total. The van der Waals surface area contributed by atoms with Crippen molar-refractivity contribution in [2.75, 3.05) is 0 Å². The number of amides is 1. The van der Waals surface area contributed by atoms with E-state index < -0.39 is 71.3 Å². The predicted molar refractivity (Wildman–Crippen MR) is 126 cm³/mol. The Morgan fingerprint density at radius 1 is 0.973 bits per heavy atom. The van der Waals surface area contributed by atoms with Crippen LogP contribution in [0.25, 0.3) is 0 Å². The summed E-state index contributed by atoms with van der Waals surface area (Å²) in [4.78, 5) is 39.0. The lowest BCUT2D eigenvalue weighted by Crippen LogP contribution is -2.58. The Hall–Kier alpha value is -3.53. The molecule has 0 unspecified atom stereocenters. The molecule has 0 heterocycles. The molecule has 2 aliphatic carbocycles. The molecule has 2 fully saturated rings. The standard InChI is InChI=1S/C27H29F2NO7/c1-26(2,3)37-25(34)30-27(24(33)36-14-16-9-5-7-11-18(16)29)12-19(31)20-21(22(20)27)23(32)35-13-15-8-4-6-10-17(15)28/h4-11,19-22,31H,12-14H2,1-3H3,(H,30,34)/t19-,20-,21-,22-,27-/m0/s1. The van der Waals surface area contributed by atoms with Crippen LogP contribution in [0.3, 0.4) is 0 Å². The highest BCUT2D eigenvalue weighted by atomic mass is 19.1. The van der Waals surface area contributed by atoms with E-state index in [9.17, 15) is 28.3 Å². The van der Waals surface area contributed by atoms with Crippen LogP contribution < -0.4 is 5.32 Å². The largest absolute Gasteiger partial charge is 0.460 e. The molecule has 5 atom stereocenters. The number of halogens is 2. The maximum atomic E-state index is 14.1. The van der Waals surface area contributed by atoms with Gasteiger partial charge in [0, 0.05) is 29.4 Å². The Kier molecular flexibility index (Phi) is 7.23. The number of hydrogen-bond donors (Lipinski definition) is 2. The van der Waals surface area contributed by atoms with Crippen molar-refractivity contribution in [3.05, 3.63) is 71.3 Å². The molecule has 0 aromatic heterocycles. The summed E-state index contributed by atoms with van der Waals surface area (Å²) in [5.74, 6) is -5.27. The average molecular weight is 518 g/mol. The minimum atomic E-state index is -1.81. The second-order valence-electron chi connectivity index (χ2n) is 10.4. The first-order chi connectivity index (χ1) is 17.4. The molecule has 0 aliphatic heterocycles. The van der Waals surface area contributed by atoms with E-state index in [1.165, 1.54) is 36.4 Å². The van der Waals surface area contributed by atoms with Gasteiger partial charge in [-0.15, -0.1) is 0 Å². The zero-order chi connectivity index (χ0) is 27.0. The first-order valence-electron chi connectivity index (χ1n) is 11.9. The first-order valence-corrected chi connectivity index (χ1v) is 11.9. The monoisotopic (exact) mass is 517 g/mol. The number of fused-ring (bicyclic) bond motifs is 1. The molecule has 1 amide bonds. The van der Waals surface area contributed by atoms with Crippen LogP contribution in [-0.4, -0.2) is 40.4 Å². The lowest BCUT2D eigenvalue weighted by atomic mass is 9.89. The number of hydrogen-bond acceptors (Lipinski definition) is 7. The maximum Gasteiger partial charge on any atom is 0.408 e. The van der Waals surface area contributed by atoms with Crippen LogP contribution in [0.15, 0.2) is 48.5 Å². The number of carbonyl (C=O) groups excluding carboxylic acids is 3. The molecule has 4 rings (SSSR count). The summed E-state index contributed by atoms with van der Waals surface area (Å²) >= 11 is 0. The Bertz CT molecular complexity index is 1200. The summed E-state index contributed by atoms with van der Waals surface area (Å²) in [6.45, 7) is 4.17. The Morgan fingerprint density at radius 3 is 2.05 bits per heavy atom. The van der Waals surface area contributed by atoms with Crippen molar-refractivity contribution >= 4 is 18.0 Å². The summed E-state index contributed by atoms with van der Waals surface area (Å²) in [5, 5.41) is 13.3. The van der Waals surface area contributed by atoms with Gasteiger partial charge in [0.1, 0.15) is 36.0 Å². The first kappa shape index (κ1) is 26.5. The zero-order valence-electron chi connectivity index (χ0n) is 20.7. The van der Waals surface area contributed by atoms with Gasteiger partial charge in [0.2, 0.25) is 0 Å². The van der Waals surface area contributed by atoms with Gasteiger partial charge in [-0.25, -0.2) is 18.4 Å². The van der Waals surface area contributed by atoms with Gasteiger partial charge in [-0.2, -0.15) is 0 Å². The molecular formula is C27H29F2NO7. The predicted octanol–water partition coefficient (Wildman–Crippen LogP) is 3.64. The fourth-order valence-electron chi connectivity index (χ4n) is 4.99. The summed E-state index contributed by atoms with van der Waals surface area (Å²) in [6, 6.07) is 11.6. The van der Waals surface area contributed by atoms with E-state index >= 15 is 0 Å². The van der Waals surface area contributed by atoms with E-state index in [1.54, 1.807) is 32.9 Å². The van der Waals surface area contributed by atoms with Crippen LogP contribution in [0, 0.1) is 29.4 Å². The van der Waals surface area contributed by atoms with Gasteiger partial charge in [-0.05, 0) is 32.9 Å². The minimum absolute atomic E-state index is 0.120. The molecule has 0 saturated heterocycles. The van der Waals surface area contributed by atoms with Gasteiger partial charge in [0.15, 0.2) is 0 Å². The highest BCUT2D eigenvalue weighted by molar-refractivity contribution is 5.91. The van der Waals surface area contributed by atoms with Crippen LogP contribution in [0.1, 0.15) is 38.3 Å². The molecule has 2 aliphatic rings.